The minimum absolute atomic E-state index is 0.0433. The van der Waals surface area contributed by atoms with Gasteiger partial charge in [0.25, 0.3) is 5.56 Å². The molecular weight excluding hydrogens is 461 g/mol. The Hall–Kier alpha value is -2.79. The lowest BCUT2D eigenvalue weighted by molar-refractivity contribution is 0.0917. The molecule has 1 aromatic carbocycles. The highest BCUT2D eigenvalue weighted by Crippen LogP contribution is 2.40. The van der Waals surface area contributed by atoms with Crippen LogP contribution in [0.15, 0.2) is 35.1 Å². The second kappa shape index (κ2) is 8.21. The molecule has 0 N–H and O–H groups in total. The van der Waals surface area contributed by atoms with Gasteiger partial charge in [0.2, 0.25) is 5.75 Å². The Kier molecular flexibility index (Phi) is 5.48. The van der Waals surface area contributed by atoms with E-state index in [1.165, 1.54) is 4.57 Å². The molecule has 3 atom stereocenters. The number of halogens is 2. The molecule has 3 aromatic rings. The van der Waals surface area contributed by atoms with Gasteiger partial charge in [-0.2, -0.15) is 5.26 Å². The molecule has 4 heterocycles. The first-order valence-electron chi connectivity index (χ1n) is 10.8. The fourth-order valence-corrected chi connectivity index (χ4v) is 5.29. The third-order valence-corrected chi connectivity index (χ3v) is 7.55. The van der Waals surface area contributed by atoms with Crippen molar-refractivity contribution in [1.29, 1.82) is 5.26 Å². The van der Waals surface area contributed by atoms with Crippen LogP contribution in [0.2, 0.25) is 10.0 Å². The number of pyridine rings is 2. The van der Waals surface area contributed by atoms with Crippen molar-refractivity contribution < 1.29 is 4.74 Å². The number of nitriles is 1. The first-order valence-corrected chi connectivity index (χ1v) is 11.6. The van der Waals surface area contributed by atoms with E-state index in [1.807, 2.05) is 18.2 Å². The number of aryl methyl sites for hydroxylation is 1. The lowest BCUT2D eigenvalue weighted by atomic mass is 9.99. The third-order valence-electron chi connectivity index (χ3n) is 6.81. The molecule has 2 aliphatic rings. The summed E-state index contributed by atoms with van der Waals surface area (Å²) in [4.78, 5) is 22.3. The number of ether oxygens (including phenoxy) is 1. The minimum Gasteiger partial charge on any atom is -0.484 e. The SMILES string of the molecule is C[C@@H]1CN2c3c(c(=O)n(C)c4ccc(C#N)nc34)OC[C@@H]2CN1[C@H](C)c1ccc(Cl)c(Cl)c1. The van der Waals surface area contributed by atoms with Crippen LogP contribution in [0.5, 0.6) is 5.75 Å². The first-order chi connectivity index (χ1) is 15.8. The van der Waals surface area contributed by atoms with Crippen molar-refractivity contribution in [3.05, 3.63) is 62.0 Å². The predicted molar refractivity (Wildman–Crippen MR) is 129 cm³/mol. The van der Waals surface area contributed by atoms with Gasteiger partial charge < -0.3 is 14.2 Å². The molecule has 0 aliphatic carbocycles. The summed E-state index contributed by atoms with van der Waals surface area (Å²) in [6.45, 7) is 6.19. The van der Waals surface area contributed by atoms with Crippen LogP contribution >= 0.6 is 23.2 Å². The minimum atomic E-state index is -0.193. The van der Waals surface area contributed by atoms with Crippen molar-refractivity contribution in [3.63, 3.8) is 0 Å². The smallest absolute Gasteiger partial charge is 0.295 e. The monoisotopic (exact) mass is 483 g/mol. The Labute approximate surface area is 201 Å². The van der Waals surface area contributed by atoms with Gasteiger partial charge in [0.15, 0.2) is 0 Å². The van der Waals surface area contributed by atoms with E-state index in [2.05, 4.69) is 34.7 Å². The average molecular weight is 484 g/mol. The van der Waals surface area contributed by atoms with Crippen LogP contribution in [0.25, 0.3) is 11.0 Å². The maximum absolute atomic E-state index is 13.0. The van der Waals surface area contributed by atoms with E-state index in [0.29, 0.717) is 51.4 Å². The van der Waals surface area contributed by atoms with Crippen LogP contribution in [0.4, 0.5) is 5.69 Å². The molecule has 1 fully saturated rings. The van der Waals surface area contributed by atoms with E-state index in [9.17, 15) is 10.1 Å². The van der Waals surface area contributed by atoms with E-state index in [1.54, 1.807) is 19.2 Å². The molecule has 2 aliphatic heterocycles. The van der Waals surface area contributed by atoms with Gasteiger partial charge in [-0.25, -0.2) is 4.98 Å². The summed E-state index contributed by atoms with van der Waals surface area (Å²) in [6, 6.07) is 11.6. The van der Waals surface area contributed by atoms with Crippen LogP contribution in [0, 0.1) is 11.3 Å². The molecule has 5 rings (SSSR count). The number of rotatable bonds is 2. The number of benzene rings is 1. The van der Waals surface area contributed by atoms with Crippen molar-refractivity contribution in [1.82, 2.24) is 14.5 Å². The summed E-state index contributed by atoms with van der Waals surface area (Å²) in [7, 11) is 1.70. The van der Waals surface area contributed by atoms with Gasteiger partial charge in [-0.05, 0) is 43.7 Å². The molecular formula is C24H23Cl2N5O2. The molecule has 1 saturated heterocycles. The van der Waals surface area contributed by atoms with Crippen LogP contribution in [0.1, 0.15) is 31.1 Å². The largest absolute Gasteiger partial charge is 0.484 e. The maximum Gasteiger partial charge on any atom is 0.295 e. The highest BCUT2D eigenvalue weighted by Gasteiger charge is 2.40. The summed E-state index contributed by atoms with van der Waals surface area (Å²) < 4.78 is 7.56. The molecule has 2 aromatic heterocycles. The molecule has 170 valence electrons. The topological polar surface area (TPSA) is 74.4 Å². The Morgan fingerprint density at radius 1 is 1.21 bits per heavy atom. The molecule has 0 bridgehead atoms. The quantitative estimate of drug-likeness (QED) is 0.545. The second-order valence-corrected chi connectivity index (χ2v) is 9.54. The fourth-order valence-electron chi connectivity index (χ4n) is 4.99. The summed E-state index contributed by atoms with van der Waals surface area (Å²) in [5.74, 6) is 0.307. The van der Waals surface area contributed by atoms with Crippen LogP contribution < -0.4 is 15.2 Å². The summed E-state index contributed by atoms with van der Waals surface area (Å²) in [6.07, 6.45) is 0. The van der Waals surface area contributed by atoms with Gasteiger partial charge >= 0.3 is 0 Å². The highest BCUT2D eigenvalue weighted by molar-refractivity contribution is 6.42. The Morgan fingerprint density at radius 3 is 2.73 bits per heavy atom. The summed E-state index contributed by atoms with van der Waals surface area (Å²) in [5.41, 5.74) is 3.21. The van der Waals surface area contributed by atoms with Crippen LogP contribution in [-0.2, 0) is 7.05 Å². The number of piperazine rings is 1. The van der Waals surface area contributed by atoms with Gasteiger partial charge in [-0.15, -0.1) is 0 Å². The van der Waals surface area contributed by atoms with Crippen molar-refractivity contribution in [3.8, 4) is 11.8 Å². The summed E-state index contributed by atoms with van der Waals surface area (Å²) >= 11 is 12.4. The average Bonchev–Trinajstić information content (AvgIpc) is 2.82. The third kappa shape index (κ3) is 3.54. The number of aromatic nitrogens is 2. The zero-order valence-electron chi connectivity index (χ0n) is 18.5. The molecule has 33 heavy (non-hydrogen) atoms. The fraction of sp³-hybridized carbons (Fsp3) is 0.375. The zero-order chi connectivity index (χ0) is 23.4. The molecule has 0 unspecified atom stereocenters. The number of anilines is 1. The molecule has 9 heteroatoms. The van der Waals surface area contributed by atoms with Crippen molar-refractivity contribution in [2.24, 2.45) is 7.05 Å². The van der Waals surface area contributed by atoms with E-state index >= 15 is 0 Å². The van der Waals surface area contributed by atoms with Crippen molar-refractivity contribution in [2.45, 2.75) is 32.0 Å². The molecule has 0 amide bonds. The molecule has 0 radical (unpaired) electrons. The number of hydrogen-bond acceptors (Lipinski definition) is 6. The van der Waals surface area contributed by atoms with Gasteiger partial charge in [0, 0.05) is 32.2 Å². The lowest BCUT2D eigenvalue weighted by Crippen LogP contribution is -2.61. The maximum atomic E-state index is 13.0. The molecule has 0 spiro atoms. The molecule has 7 nitrogen and oxygen atoms in total. The molecule has 0 saturated carbocycles. The highest BCUT2D eigenvalue weighted by atomic mass is 35.5. The van der Waals surface area contributed by atoms with Crippen molar-refractivity contribution in [2.75, 3.05) is 24.6 Å². The second-order valence-electron chi connectivity index (χ2n) is 8.73. The number of fused-ring (bicyclic) bond motifs is 5. The Balaban J connectivity index is 1.55. The van der Waals surface area contributed by atoms with Gasteiger partial charge in [-0.1, -0.05) is 29.3 Å². The zero-order valence-corrected chi connectivity index (χ0v) is 20.1. The van der Waals surface area contributed by atoms with Crippen LogP contribution in [-0.4, -0.2) is 46.2 Å². The van der Waals surface area contributed by atoms with Crippen LogP contribution in [0.3, 0.4) is 0 Å². The van der Waals surface area contributed by atoms with E-state index < -0.39 is 0 Å². The Bertz CT molecular complexity index is 1370. The van der Waals surface area contributed by atoms with E-state index in [-0.39, 0.29) is 23.7 Å². The van der Waals surface area contributed by atoms with Gasteiger partial charge in [0.05, 0.1) is 21.6 Å². The Morgan fingerprint density at radius 2 is 2.00 bits per heavy atom. The normalized spacial score (nSPS) is 21.2. The first kappa shape index (κ1) is 22.0. The standard InChI is InChI=1S/C24H23Cl2N5O2/c1-13-10-31-17(11-30(13)14(2)15-4-6-18(25)19(26)8-15)12-33-23-22(31)21-20(29(3)24(23)32)7-5-16(9-27)28-21/h4-8,13-14,17H,10-12H2,1-3H3/t13-,14-,17+/m1/s1. The van der Waals surface area contributed by atoms with Crippen molar-refractivity contribution >= 4 is 39.9 Å². The lowest BCUT2D eigenvalue weighted by Gasteiger charge is -2.50. The number of nitrogens with zero attached hydrogens (tertiary/aromatic N) is 5. The number of hydrogen-bond donors (Lipinski definition) is 0. The van der Waals surface area contributed by atoms with E-state index in [4.69, 9.17) is 27.9 Å². The van der Waals surface area contributed by atoms with Gasteiger partial charge in [0.1, 0.15) is 29.6 Å². The van der Waals surface area contributed by atoms with Gasteiger partial charge in [-0.3, -0.25) is 9.69 Å². The summed E-state index contributed by atoms with van der Waals surface area (Å²) in [5, 5.41) is 10.5. The predicted octanol–water partition coefficient (Wildman–Crippen LogP) is 4.14. The van der Waals surface area contributed by atoms with E-state index in [0.717, 1.165) is 12.1 Å².